The summed E-state index contributed by atoms with van der Waals surface area (Å²) in [5.74, 6) is 0. The number of benzene rings is 1. The van der Waals surface area contributed by atoms with E-state index >= 15 is 0 Å². The zero-order valence-electron chi connectivity index (χ0n) is 21.6. The molecule has 0 saturated carbocycles. The molecule has 0 spiro atoms. The van der Waals surface area contributed by atoms with Gasteiger partial charge in [-0.3, -0.25) is 9.78 Å². The molecular formula is C26H42O8. The van der Waals surface area contributed by atoms with Gasteiger partial charge in [0, 0.05) is 0 Å². The summed E-state index contributed by atoms with van der Waals surface area (Å²) >= 11 is 0. The van der Waals surface area contributed by atoms with Crippen LogP contribution in [-0.2, 0) is 42.2 Å². The Morgan fingerprint density at radius 1 is 0.647 bits per heavy atom. The van der Waals surface area contributed by atoms with E-state index in [2.05, 4.69) is 13.8 Å². The Morgan fingerprint density at radius 2 is 1.00 bits per heavy atom. The van der Waals surface area contributed by atoms with Gasteiger partial charge in [-0.1, -0.05) is 76.6 Å². The molecule has 194 valence electrons. The molecule has 1 aromatic carbocycles. The van der Waals surface area contributed by atoms with Gasteiger partial charge in [-0.15, -0.1) is 0 Å². The van der Waals surface area contributed by atoms with Crippen LogP contribution >= 0.6 is 0 Å². The summed E-state index contributed by atoms with van der Waals surface area (Å²) in [6, 6.07) is 7.06. The summed E-state index contributed by atoms with van der Waals surface area (Å²) in [5.41, 5.74) is 0.380. The molecule has 0 bridgehead atoms. The molecule has 8 nitrogen and oxygen atoms in total. The summed E-state index contributed by atoms with van der Waals surface area (Å²) in [6.07, 6.45) is 6.21. The topological polar surface area (TPSA) is 89.5 Å². The van der Waals surface area contributed by atoms with Crippen LogP contribution in [0.15, 0.2) is 24.3 Å². The van der Waals surface area contributed by atoms with Crippen molar-refractivity contribution in [3.05, 3.63) is 35.4 Å². The first kappa shape index (κ1) is 29.7. The molecule has 0 radical (unpaired) electrons. The summed E-state index contributed by atoms with van der Waals surface area (Å²) in [4.78, 5) is 43.6. The summed E-state index contributed by atoms with van der Waals surface area (Å²) in [6.45, 7) is 11.8. The number of carbonyl (C=O) groups is 2. The van der Waals surface area contributed by atoms with Gasteiger partial charge in [-0.25, -0.2) is 9.59 Å². The predicted molar refractivity (Wildman–Crippen MR) is 128 cm³/mol. The number of rotatable bonds is 16. The van der Waals surface area contributed by atoms with Crippen molar-refractivity contribution in [2.45, 2.75) is 117 Å². The van der Waals surface area contributed by atoms with E-state index in [1.54, 1.807) is 24.3 Å². The minimum atomic E-state index is -0.892. The minimum Gasteiger partial charge on any atom is -0.427 e. The molecule has 0 amide bonds. The van der Waals surface area contributed by atoms with E-state index in [9.17, 15) is 9.59 Å². The van der Waals surface area contributed by atoms with E-state index in [0.29, 0.717) is 0 Å². The van der Waals surface area contributed by atoms with Crippen LogP contribution in [0.5, 0.6) is 0 Å². The molecule has 0 N–H and O–H groups in total. The molecule has 0 fully saturated rings. The maximum absolute atomic E-state index is 11.8. The molecule has 1 rings (SSSR count). The van der Waals surface area contributed by atoms with Crippen molar-refractivity contribution in [2.75, 3.05) is 0 Å². The Labute approximate surface area is 204 Å². The van der Waals surface area contributed by atoms with E-state index in [1.807, 2.05) is 27.7 Å². The highest BCUT2D eigenvalue weighted by Gasteiger charge is 2.23. The Kier molecular flexibility index (Phi) is 13.6. The van der Waals surface area contributed by atoms with Crippen LogP contribution in [0.4, 0.5) is 9.59 Å². The zero-order chi connectivity index (χ0) is 25.5. The van der Waals surface area contributed by atoms with E-state index in [1.165, 1.54) is 0 Å². The zero-order valence-corrected chi connectivity index (χ0v) is 21.6. The van der Waals surface area contributed by atoms with Crippen LogP contribution in [0, 0.1) is 0 Å². The maximum Gasteiger partial charge on any atom is 0.540 e. The Balaban J connectivity index is 2.29. The molecule has 0 aliphatic heterocycles. The van der Waals surface area contributed by atoms with Gasteiger partial charge in [0.1, 0.15) is 24.4 Å². The van der Waals surface area contributed by atoms with Gasteiger partial charge < -0.3 is 9.47 Å². The minimum absolute atomic E-state index is 0.0303. The van der Waals surface area contributed by atoms with Crippen molar-refractivity contribution in [1.82, 2.24) is 0 Å². The second kappa shape index (κ2) is 15.6. The number of carbonyl (C=O) groups excluding carboxylic acids is 2. The van der Waals surface area contributed by atoms with E-state index < -0.39 is 23.5 Å². The van der Waals surface area contributed by atoms with Crippen molar-refractivity contribution in [1.29, 1.82) is 0 Å². The van der Waals surface area contributed by atoms with Crippen molar-refractivity contribution < 1.29 is 38.6 Å². The third kappa shape index (κ3) is 14.1. The second-order valence-corrected chi connectivity index (χ2v) is 9.66. The molecule has 0 atom stereocenters. The number of unbranched alkanes of at least 4 members (excludes halogenated alkanes) is 4. The molecule has 0 aliphatic rings. The lowest BCUT2D eigenvalue weighted by Gasteiger charge is -2.22. The molecule has 0 saturated heterocycles. The Hall–Kier alpha value is -2.32. The van der Waals surface area contributed by atoms with Gasteiger partial charge >= 0.3 is 12.3 Å². The molecule has 1 aromatic rings. The standard InChI is InChI=1S/C26H42O8/c1-7-9-11-17-25(3,4)33-31-23(27)29-19-21-13-15-22(16-14-21)20-30-24(28)32-34-26(5,6)18-12-10-8-2/h13-16H,7-12,17-20H2,1-6H3. The van der Waals surface area contributed by atoms with Gasteiger partial charge in [0.2, 0.25) is 0 Å². The summed E-state index contributed by atoms with van der Waals surface area (Å²) < 4.78 is 10.2. The highest BCUT2D eigenvalue weighted by Crippen LogP contribution is 2.20. The summed E-state index contributed by atoms with van der Waals surface area (Å²) in [7, 11) is 0. The molecule has 34 heavy (non-hydrogen) atoms. The molecule has 0 aliphatic carbocycles. The normalized spacial score (nSPS) is 11.7. The highest BCUT2D eigenvalue weighted by atomic mass is 17.2. The molecule has 0 heterocycles. The predicted octanol–water partition coefficient (Wildman–Crippen LogP) is 7.57. The summed E-state index contributed by atoms with van der Waals surface area (Å²) in [5, 5.41) is 0. The van der Waals surface area contributed by atoms with Gasteiger partial charge in [-0.2, -0.15) is 9.78 Å². The van der Waals surface area contributed by atoms with Gasteiger partial charge in [-0.05, 0) is 51.7 Å². The second-order valence-electron chi connectivity index (χ2n) is 9.66. The van der Waals surface area contributed by atoms with Gasteiger partial charge in [0.25, 0.3) is 0 Å². The van der Waals surface area contributed by atoms with E-state index in [-0.39, 0.29) is 13.2 Å². The molecule has 0 aromatic heterocycles. The van der Waals surface area contributed by atoms with Gasteiger partial charge in [0.05, 0.1) is 0 Å². The SMILES string of the molecule is CCCCCC(C)(C)OOC(=O)OCc1ccc(COC(=O)OOC(C)(C)CCCCC)cc1. The monoisotopic (exact) mass is 482 g/mol. The van der Waals surface area contributed by atoms with Crippen LogP contribution < -0.4 is 0 Å². The average Bonchev–Trinajstić information content (AvgIpc) is 2.80. The first-order chi connectivity index (χ1) is 16.1. The largest absolute Gasteiger partial charge is 0.540 e. The smallest absolute Gasteiger partial charge is 0.427 e. The first-order valence-electron chi connectivity index (χ1n) is 12.2. The highest BCUT2D eigenvalue weighted by molar-refractivity contribution is 5.59. The molecule has 0 unspecified atom stereocenters. The van der Waals surface area contributed by atoms with Crippen LogP contribution in [0.3, 0.4) is 0 Å². The van der Waals surface area contributed by atoms with E-state index in [4.69, 9.17) is 29.0 Å². The molecular weight excluding hydrogens is 440 g/mol. The molecule has 8 heteroatoms. The van der Waals surface area contributed by atoms with Crippen LogP contribution in [0.1, 0.15) is 104 Å². The van der Waals surface area contributed by atoms with Gasteiger partial charge in [0.15, 0.2) is 0 Å². The quantitative estimate of drug-likeness (QED) is 0.103. The Morgan fingerprint density at radius 3 is 1.32 bits per heavy atom. The number of ether oxygens (including phenoxy) is 2. The lowest BCUT2D eigenvalue weighted by molar-refractivity contribution is -0.319. The number of hydrogen-bond acceptors (Lipinski definition) is 8. The third-order valence-corrected chi connectivity index (χ3v) is 5.17. The van der Waals surface area contributed by atoms with E-state index in [0.717, 1.165) is 62.5 Å². The average molecular weight is 483 g/mol. The Bertz CT molecular complexity index is 651. The first-order valence-corrected chi connectivity index (χ1v) is 12.2. The fourth-order valence-electron chi connectivity index (χ4n) is 3.04. The lowest BCUT2D eigenvalue weighted by Crippen LogP contribution is -2.26. The van der Waals surface area contributed by atoms with Crippen molar-refractivity contribution in [2.24, 2.45) is 0 Å². The van der Waals surface area contributed by atoms with Crippen molar-refractivity contribution in [3.8, 4) is 0 Å². The van der Waals surface area contributed by atoms with Crippen molar-refractivity contribution in [3.63, 3.8) is 0 Å². The lowest BCUT2D eigenvalue weighted by atomic mass is 10.0. The maximum atomic E-state index is 11.8. The van der Waals surface area contributed by atoms with Crippen molar-refractivity contribution >= 4 is 12.3 Å². The number of hydrogen-bond donors (Lipinski definition) is 0. The van der Waals surface area contributed by atoms with Crippen LogP contribution in [-0.4, -0.2) is 23.5 Å². The fourth-order valence-corrected chi connectivity index (χ4v) is 3.04. The van der Waals surface area contributed by atoms with Crippen LogP contribution in [0.2, 0.25) is 0 Å². The third-order valence-electron chi connectivity index (χ3n) is 5.17. The van der Waals surface area contributed by atoms with Crippen LogP contribution in [0.25, 0.3) is 0 Å². The fraction of sp³-hybridized carbons (Fsp3) is 0.692.